The van der Waals surface area contributed by atoms with E-state index in [4.69, 9.17) is 8.83 Å². The maximum atomic E-state index is 6.96. The van der Waals surface area contributed by atoms with Crippen LogP contribution in [-0.2, 0) is 6.54 Å². The fourth-order valence-corrected chi connectivity index (χ4v) is 11.0. The number of aryl methyl sites for hydroxylation is 2. The van der Waals surface area contributed by atoms with Crippen LogP contribution >= 0.6 is 0 Å². The molecule has 0 bridgehead atoms. The van der Waals surface area contributed by atoms with Crippen LogP contribution in [-0.4, -0.2) is 0 Å². The van der Waals surface area contributed by atoms with E-state index < -0.39 is 0 Å². The van der Waals surface area contributed by atoms with Gasteiger partial charge < -0.3 is 18.6 Å². The number of furan rings is 2. The van der Waals surface area contributed by atoms with Crippen LogP contribution in [0, 0.1) is 13.8 Å². The molecule has 1 aliphatic carbocycles. The van der Waals surface area contributed by atoms with Crippen LogP contribution in [0.5, 0.6) is 0 Å². The minimum atomic E-state index is 0.525. The molecule has 0 aliphatic heterocycles. The van der Waals surface area contributed by atoms with Crippen LogP contribution in [0.4, 0.5) is 28.4 Å². The van der Waals surface area contributed by atoms with Crippen molar-refractivity contribution in [2.24, 2.45) is 0 Å². The van der Waals surface area contributed by atoms with Gasteiger partial charge in [-0.05, 0) is 109 Å². The number of fused-ring (bicyclic) bond motifs is 4. The number of para-hydroxylation sites is 5. The average Bonchev–Trinajstić information content (AvgIpc) is 3.91. The second kappa shape index (κ2) is 15.5. The van der Waals surface area contributed by atoms with Gasteiger partial charge in [0.25, 0.3) is 0 Å². The second-order valence-electron chi connectivity index (χ2n) is 17.9. The van der Waals surface area contributed by atoms with Crippen molar-refractivity contribution in [2.75, 3.05) is 9.80 Å². The third-order valence-electron chi connectivity index (χ3n) is 14.0. The lowest BCUT2D eigenvalue weighted by atomic mass is 9.82. The summed E-state index contributed by atoms with van der Waals surface area (Å²) in [6, 6.07) is 58.1. The second-order valence-corrected chi connectivity index (χ2v) is 17.9. The molecule has 0 unspecified atom stereocenters. The van der Waals surface area contributed by atoms with Gasteiger partial charge >= 0.3 is 0 Å². The van der Waals surface area contributed by atoms with E-state index in [-0.39, 0.29) is 0 Å². The van der Waals surface area contributed by atoms with Crippen LogP contribution in [0.1, 0.15) is 73.0 Å². The standard InChI is InChI=1S/C60H50N2O2/c1-4-17-46-47-26-14-18-38(2)58(47)63-55(46)37-61(44-22-10-6-11-23-44)53-36-54(51-33-31-42-35-43(40-20-8-5-9-21-40)34-41-30-32-50(53)57(51)56(41)42)62(45-24-12-7-13-25-45)52-29-16-28-49-48-27-15-19-39(3)59(48)64-60(49)52/h4,6-7,10-19,22-36,40H,5,8-9,20-21,37H2,1-3H3/b17-4-. The number of rotatable bonds is 9. The smallest absolute Gasteiger partial charge is 0.159 e. The summed E-state index contributed by atoms with van der Waals surface area (Å²) in [6.45, 7) is 6.88. The third kappa shape index (κ3) is 6.18. The van der Waals surface area contributed by atoms with Gasteiger partial charge in [-0.2, -0.15) is 0 Å². The lowest BCUT2D eigenvalue weighted by Crippen LogP contribution is -2.18. The van der Waals surface area contributed by atoms with Crippen molar-refractivity contribution >= 4 is 99.7 Å². The lowest BCUT2D eigenvalue weighted by molar-refractivity contribution is 0.444. The molecule has 0 radical (unpaired) electrons. The maximum absolute atomic E-state index is 6.96. The summed E-state index contributed by atoms with van der Waals surface area (Å²) in [4.78, 5) is 4.90. The molecule has 64 heavy (non-hydrogen) atoms. The highest BCUT2D eigenvalue weighted by Gasteiger charge is 2.28. The molecule has 0 saturated heterocycles. The minimum Gasteiger partial charge on any atom is -0.458 e. The van der Waals surface area contributed by atoms with Gasteiger partial charge in [0.05, 0.1) is 23.6 Å². The third-order valence-corrected chi connectivity index (χ3v) is 14.0. The number of benzene rings is 9. The predicted octanol–water partition coefficient (Wildman–Crippen LogP) is 17.7. The fourth-order valence-electron chi connectivity index (χ4n) is 11.0. The van der Waals surface area contributed by atoms with Crippen molar-refractivity contribution in [3.63, 3.8) is 0 Å². The Morgan fingerprint density at radius 1 is 0.516 bits per heavy atom. The maximum Gasteiger partial charge on any atom is 0.159 e. The molecule has 0 spiro atoms. The van der Waals surface area contributed by atoms with Crippen LogP contribution in [0.3, 0.4) is 0 Å². The topological polar surface area (TPSA) is 32.8 Å². The Morgan fingerprint density at radius 2 is 1.12 bits per heavy atom. The zero-order valence-electron chi connectivity index (χ0n) is 36.7. The van der Waals surface area contributed by atoms with E-state index >= 15 is 0 Å². The molecule has 1 saturated carbocycles. The van der Waals surface area contributed by atoms with Crippen molar-refractivity contribution in [1.29, 1.82) is 0 Å². The molecule has 4 nitrogen and oxygen atoms in total. The summed E-state index contributed by atoms with van der Waals surface area (Å²) in [5.41, 5.74) is 12.9. The number of anilines is 5. The first-order chi connectivity index (χ1) is 31.5. The van der Waals surface area contributed by atoms with Gasteiger partial charge in [0.1, 0.15) is 16.9 Å². The zero-order valence-corrected chi connectivity index (χ0v) is 36.7. The Labute approximate surface area is 374 Å². The number of nitrogens with zero attached hydrogens (tertiary/aromatic N) is 2. The number of hydrogen-bond acceptors (Lipinski definition) is 4. The highest BCUT2D eigenvalue weighted by atomic mass is 16.3. The number of hydrogen-bond donors (Lipinski definition) is 0. The summed E-state index contributed by atoms with van der Waals surface area (Å²) in [6.07, 6.45) is 10.8. The van der Waals surface area contributed by atoms with Gasteiger partial charge in [-0.3, -0.25) is 0 Å². The molecule has 1 fully saturated rings. The summed E-state index contributed by atoms with van der Waals surface area (Å²) in [7, 11) is 0. The van der Waals surface area contributed by atoms with Gasteiger partial charge in [-0.1, -0.05) is 153 Å². The molecule has 9 aromatic carbocycles. The highest BCUT2D eigenvalue weighted by Crippen LogP contribution is 2.51. The van der Waals surface area contributed by atoms with E-state index in [2.05, 4.69) is 200 Å². The van der Waals surface area contributed by atoms with Crippen molar-refractivity contribution in [1.82, 2.24) is 0 Å². The monoisotopic (exact) mass is 830 g/mol. The van der Waals surface area contributed by atoms with Crippen LogP contribution in [0.2, 0.25) is 0 Å². The Bertz CT molecular complexity index is 3530. The van der Waals surface area contributed by atoms with Gasteiger partial charge in [0.15, 0.2) is 5.58 Å². The van der Waals surface area contributed by atoms with E-state index in [0.29, 0.717) is 12.5 Å². The molecule has 4 heteroatoms. The Balaban J connectivity index is 1.18. The Kier molecular flexibility index (Phi) is 9.29. The SMILES string of the molecule is C/C=C\c1c(CN(c2ccccc2)c2cc(N(c3ccccc3)c3cccc4c3oc3c(C)cccc34)c3ccc4cc(C5CCCCC5)cc5ccc2c3c54)oc2c(C)cccc12. The molecule has 0 atom stereocenters. The van der Waals surface area contributed by atoms with E-state index in [1.807, 2.05) is 0 Å². The zero-order chi connectivity index (χ0) is 42.9. The molecule has 11 aromatic rings. The van der Waals surface area contributed by atoms with E-state index in [1.54, 1.807) is 0 Å². The van der Waals surface area contributed by atoms with E-state index in [0.717, 1.165) is 83.8 Å². The first kappa shape index (κ1) is 38.4. The number of allylic oxidation sites excluding steroid dienone is 1. The molecule has 312 valence electrons. The molecule has 2 aromatic heterocycles. The van der Waals surface area contributed by atoms with E-state index in [9.17, 15) is 0 Å². The molecule has 12 rings (SSSR count). The van der Waals surface area contributed by atoms with Gasteiger partial charge in [-0.25, -0.2) is 0 Å². The van der Waals surface area contributed by atoms with Crippen LogP contribution in [0.15, 0.2) is 173 Å². The molecule has 1 aliphatic rings. The Morgan fingerprint density at radius 3 is 1.81 bits per heavy atom. The average molecular weight is 831 g/mol. The molecule has 0 amide bonds. The normalized spacial score (nSPS) is 13.8. The molecule has 0 N–H and O–H groups in total. The summed E-state index contributed by atoms with van der Waals surface area (Å²) in [5.74, 6) is 1.54. The van der Waals surface area contributed by atoms with Crippen molar-refractivity contribution in [3.8, 4) is 0 Å². The molecular formula is C60H50N2O2. The van der Waals surface area contributed by atoms with E-state index in [1.165, 1.54) is 70.0 Å². The fraction of sp³-hybridized carbons (Fsp3) is 0.167. The Hall–Kier alpha value is -7.30. The van der Waals surface area contributed by atoms with Crippen molar-refractivity contribution in [3.05, 3.63) is 192 Å². The summed E-state index contributed by atoms with van der Waals surface area (Å²) >= 11 is 0. The van der Waals surface area contributed by atoms with Crippen LogP contribution in [0.25, 0.3) is 71.3 Å². The highest BCUT2D eigenvalue weighted by molar-refractivity contribution is 6.29. The predicted molar refractivity (Wildman–Crippen MR) is 271 cm³/mol. The summed E-state index contributed by atoms with van der Waals surface area (Å²) in [5, 5.41) is 10.9. The largest absolute Gasteiger partial charge is 0.458 e. The van der Waals surface area contributed by atoms with Gasteiger partial charge in [0, 0.05) is 49.3 Å². The van der Waals surface area contributed by atoms with Crippen molar-refractivity contribution < 1.29 is 8.83 Å². The first-order valence-electron chi connectivity index (χ1n) is 23.0. The molecular weight excluding hydrogens is 781 g/mol. The van der Waals surface area contributed by atoms with Gasteiger partial charge in [-0.15, -0.1) is 0 Å². The quantitative estimate of drug-likeness (QED) is 0.136. The minimum absolute atomic E-state index is 0.525. The summed E-state index contributed by atoms with van der Waals surface area (Å²) < 4.78 is 13.9. The molecule has 2 heterocycles. The lowest BCUT2D eigenvalue weighted by Gasteiger charge is -2.32. The van der Waals surface area contributed by atoms with Gasteiger partial charge in [0.2, 0.25) is 0 Å². The van der Waals surface area contributed by atoms with Crippen molar-refractivity contribution in [2.45, 2.75) is 65.3 Å². The van der Waals surface area contributed by atoms with Crippen LogP contribution < -0.4 is 9.80 Å². The first-order valence-corrected chi connectivity index (χ1v) is 23.0.